The number of nitrogens with zero attached hydrogens (tertiary/aromatic N) is 1. The first-order chi connectivity index (χ1) is 6.67. The SMILES string of the molecule is CCC(C)Nc1ccc(F)cc1C#N. The van der Waals surface area contributed by atoms with Crippen molar-refractivity contribution >= 4 is 5.69 Å². The monoisotopic (exact) mass is 192 g/mol. The van der Waals surface area contributed by atoms with Gasteiger partial charge in [0, 0.05) is 6.04 Å². The van der Waals surface area contributed by atoms with Gasteiger partial charge in [-0.1, -0.05) is 6.92 Å². The Morgan fingerprint density at radius 2 is 2.29 bits per heavy atom. The summed E-state index contributed by atoms with van der Waals surface area (Å²) in [5, 5.41) is 11.9. The average Bonchev–Trinajstić information content (AvgIpc) is 2.20. The molecule has 14 heavy (non-hydrogen) atoms. The summed E-state index contributed by atoms with van der Waals surface area (Å²) in [6.45, 7) is 4.07. The van der Waals surface area contributed by atoms with Crippen molar-refractivity contribution in [2.45, 2.75) is 26.3 Å². The lowest BCUT2D eigenvalue weighted by Gasteiger charge is -2.13. The Hall–Kier alpha value is -1.56. The predicted octanol–water partition coefficient (Wildman–Crippen LogP) is 2.91. The fourth-order valence-electron chi connectivity index (χ4n) is 1.10. The number of benzene rings is 1. The molecule has 0 aromatic heterocycles. The minimum Gasteiger partial charge on any atom is -0.382 e. The van der Waals surface area contributed by atoms with E-state index in [1.54, 1.807) is 6.07 Å². The Morgan fingerprint density at radius 3 is 2.86 bits per heavy atom. The van der Waals surface area contributed by atoms with E-state index in [1.165, 1.54) is 12.1 Å². The molecule has 0 saturated heterocycles. The van der Waals surface area contributed by atoms with Crippen LogP contribution in [0.4, 0.5) is 10.1 Å². The molecule has 0 bridgehead atoms. The van der Waals surface area contributed by atoms with Crippen LogP contribution in [-0.2, 0) is 0 Å². The zero-order chi connectivity index (χ0) is 10.6. The van der Waals surface area contributed by atoms with Crippen LogP contribution >= 0.6 is 0 Å². The molecule has 2 nitrogen and oxygen atoms in total. The summed E-state index contributed by atoms with van der Waals surface area (Å²) >= 11 is 0. The summed E-state index contributed by atoms with van der Waals surface area (Å²) < 4.78 is 12.8. The van der Waals surface area contributed by atoms with E-state index < -0.39 is 0 Å². The number of nitriles is 1. The number of hydrogen-bond donors (Lipinski definition) is 1. The van der Waals surface area contributed by atoms with Crippen LogP contribution in [0.3, 0.4) is 0 Å². The lowest BCUT2D eigenvalue weighted by Crippen LogP contribution is -2.14. The Kier molecular flexibility index (Phi) is 3.47. The first kappa shape index (κ1) is 10.5. The largest absolute Gasteiger partial charge is 0.382 e. The molecule has 1 aromatic carbocycles. The Bertz CT molecular complexity index is 355. The maximum Gasteiger partial charge on any atom is 0.124 e. The molecule has 1 atom stereocenters. The second kappa shape index (κ2) is 4.61. The first-order valence-electron chi connectivity index (χ1n) is 4.63. The van der Waals surface area contributed by atoms with Crippen molar-refractivity contribution in [3.05, 3.63) is 29.6 Å². The summed E-state index contributed by atoms with van der Waals surface area (Å²) in [7, 11) is 0. The van der Waals surface area contributed by atoms with Gasteiger partial charge in [0.2, 0.25) is 0 Å². The van der Waals surface area contributed by atoms with E-state index in [9.17, 15) is 4.39 Å². The van der Waals surface area contributed by atoms with Crippen molar-refractivity contribution < 1.29 is 4.39 Å². The highest BCUT2D eigenvalue weighted by atomic mass is 19.1. The molecule has 1 rings (SSSR count). The molecule has 1 aromatic rings. The topological polar surface area (TPSA) is 35.8 Å². The van der Waals surface area contributed by atoms with Gasteiger partial charge in [0.25, 0.3) is 0 Å². The van der Waals surface area contributed by atoms with Crippen molar-refractivity contribution in [3.8, 4) is 6.07 Å². The lowest BCUT2D eigenvalue weighted by atomic mass is 10.1. The quantitative estimate of drug-likeness (QED) is 0.799. The second-order valence-corrected chi connectivity index (χ2v) is 3.26. The van der Waals surface area contributed by atoms with Gasteiger partial charge in [0.1, 0.15) is 11.9 Å². The molecule has 3 heteroatoms. The van der Waals surface area contributed by atoms with Crippen molar-refractivity contribution in [1.82, 2.24) is 0 Å². The maximum absolute atomic E-state index is 12.8. The molecule has 1 N–H and O–H groups in total. The summed E-state index contributed by atoms with van der Waals surface area (Å²) in [4.78, 5) is 0. The van der Waals surface area contributed by atoms with Gasteiger partial charge in [-0.05, 0) is 31.5 Å². The van der Waals surface area contributed by atoms with Crippen LogP contribution in [0.1, 0.15) is 25.8 Å². The number of rotatable bonds is 3. The minimum atomic E-state index is -0.378. The second-order valence-electron chi connectivity index (χ2n) is 3.26. The molecule has 0 aliphatic heterocycles. The Balaban J connectivity index is 2.92. The van der Waals surface area contributed by atoms with Gasteiger partial charge in [-0.25, -0.2) is 4.39 Å². The third-order valence-corrected chi connectivity index (χ3v) is 2.12. The summed E-state index contributed by atoms with van der Waals surface area (Å²) in [5.41, 5.74) is 1.05. The highest BCUT2D eigenvalue weighted by Crippen LogP contribution is 2.17. The van der Waals surface area contributed by atoms with Crippen LogP contribution in [0.25, 0.3) is 0 Å². The lowest BCUT2D eigenvalue weighted by molar-refractivity contribution is 0.627. The molecule has 0 radical (unpaired) electrons. The Labute approximate surface area is 83.4 Å². The van der Waals surface area contributed by atoms with Gasteiger partial charge in [0.15, 0.2) is 0 Å². The molecular weight excluding hydrogens is 179 g/mol. The number of anilines is 1. The van der Waals surface area contributed by atoms with Crippen molar-refractivity contribution in [3.63, 3.8) is 0 Å². The van der Waals surface area contributed by atoms with E-state index in [0.29, 0.717) is 11.3 Å². The normalized spacial score (nSPS) is 11.9. The highest BCUT2D eigenvalue weighted by Gasteiger charge is 2.05. The van der Waals surface area contributed by atoms with Crippen LogP contribution < -0.4 is 5.32 Å². The zero-order valence-corrected chi connectivity index (χ0v) is 8.34. The minimum absolute atomic E-state index is 0.285. The fraction of sp³-hybridized carbons (Fsp3) is 0.364. The van der Waals surface area contributed by atoms with Gasteiger partial charge in [-0.2, -0.15) is 5.26 Å². The molecule has 0 heterocycles. The van der Waals surface area contributed by atoms with E-state index in [1.807, 2.05) is 19.9 Å². The molecule has 0 spiro atoms. The highest BCUT2D eigenvalue weighted by molar-refractivity contribution is 5.57. The Morgan fingerprint density at radius 1 is 1.57 bits per heavy atom. The number of hydrogen-bond acceptors (Lipinski definition) is 2. The fourth-order valence-corrected chi connectivity index (χ4v) is 1.10. The van der Waals surface area contributed by atoms with E-state index in [2.05, 4.69) is 5.32 Å². The van der Waals surface area contributed by atoms with Gasteiger partial charge in [-0.3, -0.25) is 0 Å². The summed E-state index contributed by atoms with van der Waals surface area (Å²) in [6, 6.07) is 6.44. The molecule has 74 valence electrons. The summed E-state index contributed by atoms with van der Waals surface area (Å²) in [5.74, 6) is -0.378. The van der Waals surface area contributed by atoms with E-state index in [4.69, 9.17) is 5.26 Å². The molecule has 0 fully saturated rings. The van der Waals surface area contributed by atoms with Gasteiger partial charge < -0.3 is 5.32 Å². The van der Waals surface area contributed by atoms with Crippen LogP contribution in [0.15, 0.2) is 18.2 Å². The first-order valence-corrected chi connectivity index (χ1v) is 4.63. The standard InChI is InChI=1S/C11H13FN2/c1-3-8(2)14-11-5-4-10(12)6-9(11)7-13/h4-6,8,14H,3H2,1-2H3. The average molecular weight is 192 g/mol. The zero-order valence-electron chi connectivity index (χ0n) is 8.34. The smallest absolute Gasteiger partial charge is 0.124 e. The molecule has 0 aliphatic rings. The third kappa shape index (κ3) is 2.46. The molecule has 1 unspecified atom stereocenters. The number of halogens is 1. The van der Waals surface area contributed by atoms with E-state index in [0.717, 1.165) is 6.42 Å². The number of nitrogens with one attached hydrogen (secondary N) is 1. The van der Waals surface area contributed by atoms with Crippen LogP contribution in [-0.4, -0.2) is 6.04 Å². The van der Waals surface area contributed by atoms with Crippen molar-refractivity contribution in [2.24, 2.45) is 0 Å². The van der Waals surface area contributed by atoms with Gasteiger partial charge in [0.05, 0.1) is 11.3 Å². The molecular formula is C11H13FN2. The third-order valence-electron chi connectivity index (χ3n) is 2.12. The van der Waals surface area contributed by atoms with Gasteiger partial charge >= 0.3 is 0 Å². The van der Waals surface area contributed by atoms with Crippen LogP contribution in [0.5, 0.6) is 0 Å². The van der Waals surface area contributed by atoms with E-state index >= 15 is 0 Å². The van der Waals surface area contributed by atoms with Crippen molar-refractivity contribution in [2.75, 3.05) is 5.32 Å². The van der Waals surface area contributed by atoms with Crippen molar-refractivity contribution in [1.29, 1.82) is 5.26 Å². The molecule has 0 saturated carbocycles. The predicted molar refractivity (Wildman–Crippen MR) is 54.5 cm³/mol. The van der Waals surface area contributed by atoms with Crippen LogP contribution in [0.2, 0.25) is 0 Å². The van der Waals surface area contributed by atoms with Crippen LogP contribution in [0, 0.1) is 17.1 Å². The molecule has 0 amide bonds. The summed E-state index contributed by atoms with van der Waals surface area (Å²) in [6.07, 6.45) is 0.961. The maximum atomic E-state index is 12.8. The molecule has 0 aliphatic carbocycles. The van der Waals surface area contributed by atoms with Gasteiger partial charge in [-0.15, -0.1) is 0 Å². The van der Waals surface area contributed by atoms with E-state index in [-0.39, 0.29) is 11.9 Å².